The second kappa shape index (κ2) is 5.18. The smallest absolute Gasteiger partial charge is 0.195 e. The van der Waals surface area contributed by atoms with E-state index in [1.807, 2.05) is 24.3 Å². The van der Waals surface area contributed by atoms with Crippen LogP contribution in [0.5, 0.6) is 11.5 Å². The quantitative estimate of drug-likeness (QED) is 0.862. The number of nitrogens with zero attached hydrogens (tertiary/aromatic N) is 2. The molecule has 1 N–H and O–H groups in total. The Morgan fingerprint density at radius 1 is 1.19 bits per heavy atom. The second-order valence-electron chi connectivity index (χ2n) is 5.56. The van der Waals surface area contributed by atoms with Crippen LogP contribution in [0.1, 0.15) is 43.7 Å². The molecule has 5 nitrogen and oxygen atoms in total. The number of aromatic nitrogens is 3. The summed E-state index contributed by atoms with van der Waals surface area (Å²) in [6.45, 7) is 0.462. The van der Waals surface area contributed by atoms with E-state index in [9.17, 15) is 0 Å². The van der Waals surface area contributed by atoms with Crippen molar-refractivity contribution in [1.29, 1.82) is 0 Å². The number of para-hydroxylation sites is 2. The lowest BCUT2D eigenvalue weighted by Gasteiger charge is -2.27. The summed E-state index contributed by atoms with van der Waals surface area (Å²) in [5, 5.41) is 7.31. The highest BCUT2D eigenvalue weighted by Gasteiger charge is 2.30. The van der Waals surface area contributed by atoms with Crippen molar-refractivity contribution in [3.63, 3.8) is 0 Å². The van der Waals surface area contributed by atoms with Crippen LogP contribution < -0.4 is 9.47 Å². The lowest BCUT2D eigenvalue weighted by atomic mass is 10.2. The highest BCUT2D eigenvalue weighted by atomic mass is 32.1. The monoisotopic (exact) mass is 303 g/mol. The van der Waals surface area contributed by atoms with Gasteiger partial charge in [0.1, 0.15) is 6.61 Å². The molecule has 21 heavy (non-hydrogen) atoms. The van der Waals surface area contributed by atoms with Crippen LogP contribution in [0.3, 0.4) is 0 Å². The van der Waals surface area contributed by atoms with Gasteiger partial charge in [0.15, 0.2) is 28.2 Å². The van der Waals surface area contributed by atoms with Gasteiger partial charge < -0.3 is 9.47 Å². The molecule has 110 valence electrons. The number of H-pyrrole nitrogens is 1. The summed E-state index contributed by atoms with van der Waals surface area (Å²) in [4.78, 5) is 0. The molecule has 0 saturated heterocycles. The first-order chi connectivity index (χ1) is 10.3. The molecule has 1 saturated carbocycles. The number of benzene rings is 1. The third-order valence-corrected chi connectivity index (χ3v) is 4.51. The molecule has 0 spiro atoms. The molecule has 1 aromatic heterocycles. The van der Waals surface area contributed by atoms with Crippen molar-refractivity contribution in [3.05, 3.63) is 34.9 Å². The molecule has 0 amide bonds. The Bertz CT molecular complexity index is 703. The van der Waals surface area contributed by atoms with Crippen molar-refractivity contribution in [2.24, 2.45) is 0 Å². The standard InChI is InChI=1S/C15H17N3O2S/c21-15-17-16-14(18(15)10-5-1-2-6-10)13-9-19-11-7-3-4-8-12(11)20-13/h3-4,7-8,10,13H,1-2,5-6,9H2,(H,17,21). The number of nitrogens with one attached hydrogen (secondary N) is 1. The minimum Gasteiger partial charge on any atom is -0.485 e. The predicted molar refractivity (Wildman–Crippen MR) is 80.2 cm³/mol. The molecule has 2 aromatic rings. The Hall–Kier alpha value is -1.82. The Balaban J connectivity index is 1.67. The van der Waals surface area contributed by atoms with Gasteiger partial charge in [-0.2, -0.15) is 5.10 Å². The molecular weight excluding hydrogens is 286 g/mol. The van der Waals surface area contributed by atoms with Gasteiger partial charge in [0.25, 0.3) is 0 Å². The number of ether oxygens (including phenoxy) is 2. The van der Waals surface area contributed by atoms with Gasteiger partial charge in [-0.3, -0.25) is 9.67 Å². The molecule has 1 aliphatic heterocycles. The van der Waals surface area contributed by atoms with E-state index in [-0.39, 0.29) is 6.10 Å². The maximum atomic E-state index is 6.06. The molecule has 2 heterocycles. The van der Waals surface area contributed by atoms with Crippen LogP contribution in [0.4, 0.5) is 0 Å². The van der Waals surface area contributed by atoms with Crippen molar-refractivity contribution in [2.45, 2.75) is 37.8 Å². The summed E-state index contributed by atoms with van der Waals surface area (Å²) in [5.74, 6) is 2.40. The first-order valence-electron chi connectivity index (χ1n) is 7.38. The lowest BCUT2D eigenvalue weighted by Crippen LogP contribution is -2.25. The first kappa shape index (κ1) is 12.9. The maximum Gasteiger partial charge on any atom is 0.195 e. The highest BCUT2D eigenvalue weighted by Crippen LogP contribution is 2.37. The molecule has 0 bridgehead atoms. The Labute approximate surface area is 127 Å². The zero-order valence-corrected chi connectivity index (χ0v) is 12.4. The molecule has 1 aromatic carbocycles. The fourth-order valence-electron chi connectivity index (χ4n) is 3.21. The fraction of sp³-hybridized carbons (Fsp3) is 0.467. The molecule has 2 aliphatic rings. The summed E-state index contributed by atoms with van der Waals surface area (Å²) >= 11 is 5.41. The van der Waals surface area contributed by atoms with Crippen molar-refractivity contribution >= 4 is 12.2 Å². The van der Waals surface area contributed by atoms with E-state index in [1.54, 1.807) is 0 Å². The van der Waals surface area contributed by atoms with E-state index in [0.717, 1.165) is 30.2 Å². The molecule has 1 aliphatic carbocycles. The van der Waals surface area contributed by atoms with E-state index >= 15 is 0 Å². The highest BCUT2D eigenvalue weighted by molar-refractivity contribution is 7.71. The van der Waals surface area contributed by atoms with Gasteiger partial charge >= 0.3 is 0 Å². The van der Waals surface area contributed by atoms with Crippen LogP contribution in [0.15, 0.2) is 24.3 Å². The number of hydrogen-bond donors (Lipinski definition) is 1. The average Bonchev–Trinajstić information content (AvgIpc) is 3.15. The third-order valence-electron chi connectivity index (χ3n) is 4.22. The number of rotatable bonds is 2. The van der Waals surface area contributed by atoms with Crippen LogP contribution in [0.25, 0.3) is 0 Å². The van der Waals surface area contributed by atoms with Gasteiger partial charge in [-0.25, -0.2) is 0 Å². The molecule has 1 atom stereocenters. The van der Waals surface area contributed by atoms with E-state index in [4.69, 9.17) is 21.7 Å². The molecular formula is C15H17N3O2S. The summed E-state index contributed by atoms with van der Waals surface area (Å²) in [5.41, 5.74) is 0. The van der Waals surface area contributed by atoms with Crippen LogP contribution in [-0.2, 0) is 0 Å². The predicted octanol–water partition coefficient (Wildman–Crippen LogP) is 3.57. The lowest BCUT2D eigenvalue weighted by molar-refractivity contribution is 0.0808. The van der Waals surface area contributed by atoms with Crippen LogP contribution >= 0.6 is 12.2 Å². The third kappa shape index (κ3) is 2.23. The van der Waals surface area contributed by atoms with Gasteiger partial charge in [-0.05, 0) is 37.2 Å². The molecule has 6 heteroatoms. The first-order valence-corrected chi connectivity index (χ1v) is 7.79. The number of fused-ring (bicyclic) bond motifs is 1. The van der Waals surface area contributed by atoms with Crippen molar-refractivity contribution in [3.8, 4) is 11.5 Å². The van der Waals surface area contributed by atoms with Gasteiger partial charge in [0, 0.05) is 6.04 Å². The summed E-state index contributed by atoms with van der Waals surface area (Å²) in [6.07, 6.45) is 4.60. The van der Waals surface area contributed by atoms with E-state index < -0.39 is 0 Å². The van der Waals surface area contributed by atoms with Gasteiger partial charge in [0.05, 0.1) is 0 Å². The topological polar surface area (TPSA) is 52.1 Å². The largest absolute Gasteiger partial charge is 0.485 e. The molecule has 1 fully saturated rings. The normalized spacial score (nSPS) is 21.6. The average molecular weight is 303 g/mol. The van der Waals surface area contributed by atoms with E-state index in [1.165, 1.54) is 12.8 Å². The SMILES string of the molecule is S=c1[nH]nc(C2COc3ccccc3O2)n1C1CCCC1. The van der Waals surface area contributed by atoms with E-state index in [0.29, 0.717) is 17.4 Å². The minimum absolute atomic E-state index is 0.214. The summed E-state index contributed by atoms with van der Waals surface area (Å²) < 4.78 is 14.7. The fourth-order valence-corrected chi connectivity index (χ4v) is 3.49. The van der Waals surface area contributed by atoms with Crippen LogP contribution in [0.2, 0.25) is 0 Å². The number of hydrogen-bond acceptors (Lipinski definition) is 4. The van der Waals surface area contributed by atoms with Gasteiger partial charge in [0.2, 0.25) is 0 Å². The minimum atomic E-state index is -0.214. The summed E-state index contributed by atoms with van der Waals surface area (Å²) in [6, 6.07) is 8.16. The van der Waals surface area contributed by atoms with Crippen molar-refractivity contribution < 1.29 is 9.47 Å². The van der Waals surface area contributed by atoms with Crippen LogP contribution in [0, 0.1) is 4.77 Å². The maximum absolute atomic E-state index is 6.06. The Morgan fingerprint density at radius 2 is 1.95 bits per heavy atom. The second-order valence-corrected chi connectivity index (χ2v) is 5.95. The van der Waals surface area contributed by atoms with Crippen molar-refractivity contribution in [2.75, 3.05) is 6.61 Å². The molecule has 4 rings (SSSR count). The van der Waals surface area contributed by atoms with Gasteiger partial charge in [-0.15, -0.1) is 0 Å². The zero-order valence-electron chi connectivity index (χ0n) is 11.6. The summed E-state index contributed by atoms with van der Waals surface area (Å²) in [7, 11) is 0. The van der Waals surface area contributed by atoms with Gasteiger partial charge in [-0.1, -0.05) is 25.0 Å². The number of aromatic amines is 1. The Morgan fingerprint density at radius 3 is 2.76 bits per heavy atom. The van der Waals surface area contributed by atoms with Crippen molar-refractivity contribution in [1.82, 2.24) is 14.8 Å². The molecule has 0 radical (unpaired) electrons. The Kier molecular flexibility index (Phi) is 3.18. The molecule has 1 unspecified atom stereocenters. The zero-order chi connectivity index (χ0) is 14.2. The van der Waals surface area contributed by atoms with Crippen LogP contribution in [-0.4, -0.2) is 21.4 Å². The van der Waals surface area contributed by atoms with E-state index in [2.05, 4.69) is 14.8 Å².